The Balaban J connectivity index is 1.97. The van der Waals surface area contributed by atoms with Crippen molar-refractivity contribution in [3.05, 3.63) is 53.3 Å². The number of aromatic nitrogens is 2. The molecule has 2 N–H and O–H groups in total. The van der Waals surface area contributed by atoms with Crippen LogP contribution < -0.4 is 10.6 Å². The van der Waals surface area contributed by atoms with Crippen LogP contribution in [-0.2, 0) is 22.5 Å². The minimum atomic E-state index is -0.293. The standard InChI is InChI=1S/C18H24N4O3/c1-3-16-15(18(24)20-12-17(23)19-9-10-25-2)11-21-22(16)13-14-7-5-4-6-8-14/h4-8,11H,3,9-10,12-13H2,1-2H3,(H,19,23)(H,20,24). The quantitative estimate of drug-likeness (QED) is 0.664. The molecule has 0 fully saturated rings. The Hall–Kier alpha value is -2.67. The number of carbonyl (C=O) groups excluding carboxylic acids is 2. The molecule has 2 amide bonds. The lowest BCUT2D eigenvalue weighted by Crippen LogP contribution is -2.38. The highest BCUT2D eigenvalue weighted by atomic mass is 16.5. The summed E-state index contributed by atoms with van der Waals surface area (Å²) in [4.78, 5) is 24.0. The molecule has 2 rings (SSSR count). The minimum absolute atomic E-state index is 0.0738. The monoisotopic (exact) mass is 344 g/mol. The number of ether oxygens (including phenoxy) is 1. The van der Waals surface area contributed by atoms with Gasteiger partial charge in [-0.05, 0) is 12.0 Å². The van der Waals surface area contributed by atoms with Crippen molar-refractivity contribution in [1.29, 1.82) is 0 Å². The summed E-state index contributed by atoms with van der Waals surface area (Å²) in [5.74, 6) is -0.543. The van der Waals surface area contributed by atoms with Gasteiger partial charge in [0.2, 0.25) is 5.91 Å². The van der Waals surface area contributed by atoms with E-state index in [0.29, 0.717) is 31.7 Å². The van der Waals surface area contributed by atoms with Crippen LogP contribution in [0.2, 0.25) is 0 Å². The highest BCUT2D eigenvalue weighted by molar-refractivity contribution is 5.97. The van der Waals surface area contributed by atoms with E-state index in [-0.39, 0.29) is 18.4 Å². The molecule has 25 heavy (non-hydrogen) atoms. The van der Waals surface area contributed by atoms with Gasteiger partial charge in [-0.2, -0.15) is 5.10 Å². The highest BCUT2D eigenvalue weighted by Gasteiger charge is 2.17. The molecular formula is C18H24N4O3. The fourth-order valence-electron chi connectivity index (χ4n) is 2.48. The molecule has 0 saturated carbocycles. The molecule has 1 aromatic carbocycles. The van der Waals surface area contributed by atoms with Crippen LogP contribution in [0.1, 0.15) is 28.5 Å². The Kier molecular flexibility index (Phi) is 7.16. The lowest BCUT2D eigenvalue weighted by atomic mass is 10.1. The SMILES string of the molecule is CCc1c(C(=O)NCC(=O)NCCOC)cnn1Cc1ccccc1. The number of nitrogens with zero attached hydrogens (tertiary/aromatic N) is 2. The van der Waals surface area contributed by atoms with Crippen molar-refractivity contribution in [2.75, 3.05) is 26.8 Å². The van der Waals surface area contributed by atoms with E-state index in [1.54, 1.807) is 13.3 Å². The fraction of sp³-hybridized carbons (Fsp3) is 0.389. The van der Waals surface area contributed by atoms with E-state index in [2.05, 4.69) is 15.7 Å². The predicted molar refractivity (Wildman–Crippen MR) is 94.4 cm³/mol. The van der Waals surface area contributed by atoms with Crippen LogP contribution >= 0.6 is 0 Å². The number of carbonyl (C=O) groups is 2. The molecular weight excluding hydrogens is 320 g/mol. The molecule has 0 spiro atoms. The number of nitrogens with one attached hydrogen (secondary N) is 2. The fourth-order valence-corrected chi connectivity index (χ4v) is 2.48. The molecule has 0 aliphatic heterocycles. The van der Waals surface area contributed by atoms with Crippen molar-refractivity contribution in [2.45, 2.75) is 19.9 Å². The van der Waals surface area contributed by atoms with Gasteiger partial charge in [0.15, 0.2) is 0 Å². The molecule has 7 nitrogen and oxygen atoms in total. The van der Waals surface area contributed by atoms with E-state index < -0.39 is 0 Å². The largest absolute Gasteiger partial charge is 0.383 e. The first-order chi connectivity index (χ1) is 12.2. The molecule has 0 bridgehead atoms. The molecule has 7 heteroatoms. The second kappa shape index (κ2) is 9.58. The van der Waals surface area contributed by atoms with E-state index in [9.17, 15) is 9.59 Å². The molecule has 0 unspecified atom stereocenters. The lowest BCUT2D eigenvalue weighted by molar-refractivity contribution is -0.120. The number of hydrogen-bond acceptors (Lipinski definition) is 4. The normalized spacial score (nSPS) is 10.5. The third kappa shape index (κ3) is 5.42. The van der Waals surface area contributed by atoms with Crippen molar-refractivity contribution in [3.8, 4) is 0 Å². The van der Waals surface area contributed by atoms with Gasteiger partial charge in [-0.1, -0.05) is 37.3 Å². The Morgan fingerprint density at radius 3 is 2.64 bits per heavy atom. The second-order valence-corrected chi connectivity index (χ2v) is 5.53. The highest BCUT2D eigenvalue weighted by Crippen LogP contribution is 2.12. The Labute approximate surface area is 147 Å². The van der Waals surface area contributed by atoms with Crippen LogP contribution in [0.25, 0.3) is 0 Å². The van der Waals surface area contributed by atoms with Gasteiger partial charge in [0.25, 0.3) is 5.91 Å². The number of methoxy groups -OCH3 is 1. The van der Waals surface area contributed by atoms with Crippen molar-refractivity contribution < 1.29 is 14.3 Å². The lowest BCUT2D eigenvalue weighted by Gasteiger charge is -2.09. The van der Waals surface area contributed by atoms with Gasteiger partial charge in [-0.25, -0.2) is 0 Å². The van der Waals surface area contributed by atoms with Crippen molar-refractivity contribution in [1.82, 2.24) is 20.4 Å². The van der Waals surface area contributed by atoms with Gasteiger partial charge in [0, 0.05) is 13.7 Å². The van der Waals surface area contributed by atoms with Crippen molar-refractivity contribution in [3.63, 3.8) is 0 Å². The van der Waals surface area contributed by atoms with Gasteiger partial charge in [0.05, 0.1) is 37.2 Å². The van der Waals surface area contributed by atoms with E-state index in [1.165, 1.54) is 0 Å². The minimum Gasteiger partial charge on any atom is -0.383 e. The zero-order valence-electron chi connectivity index (χ0n) is 14.6. The van der Waals surface area contributed by atoms with Gasteiger partial charge in [-0.15, -0.1) is 0 Å². The smallest absolute Gasteiger partial charge is 0.255 e. The average Bonchev–Trinajstić information content (AvgIpc) is 3.03. The van der Waals surface area contributed by atoms with Crippen LogP contribution in [-0.4, -0.2) is 48.4 Å². The summed E-state index contributed by atoms with van der Waals surface area (Å²) in [5.41, 5.74) is 2.47. The first kappa shape index (κ1) is 18.7. The van der Waals surface area contributed by atoms with E-state index in [1.807, 2.05) is 41.9 Å². The molecule has 134 valence electrons. The molecule has 0 atom stereocenters. The molecule has 0 radical (unpaired) electrons. The van der Waals surface area contributed by atoms with Gasteiger partial charge < -0.3 is 15.4 Å². The van der Waals surface area contributed by atoms with E-state index >= 15 is 0 Å². The summed E-state index contributed by atoms with van der Waals surface area (Å²) < 4.78 is 6.68. The maximum Gasteiger partial charge on any atom is 0.255 e. The third-order valence-electron chi connectivity index (χ3n) is 3.74. The summed E-state index contributed by atoms with van der Waals surface area (Å²) >= 11 is 0. The van der Waals surface area contributed by atoms with Crippen LogP contribution in [0.5, 0.6) is 0 Å². The number of hydrogen-bond donors (Lipinski definition) is 2. The van der Waals surface area contributed by atoms with Gasteiger partial charge in [-0.3, -0.25) is 14.3 Å². The van der Waals surface area contributed by atoms with Crippen LogP contribution in [0.4, 0.5) is 0 Å². The maximum absolute atomic E-state index is 12.4. The third-order valence-corrected chi connectivity index (χ3v) is 3.74. The van der Waals surface area contributed by atoms with Gasteiger partial charge >= 0.3 is 0 Å². The summed E-state index contributed by atoms with van der Waals surface area (Å²) in [6, 6.07) is 9.95. The zero-order valence-corrected chi connectivity index (χ0v) is 14.6. The van der Waals surface area contributed by atoms with Crippen LogP contribution in [0.15, 0.2) is 36.5 Å². The Morgan fingerprint density at radius 1 is 1.20 bits per heavy atom. The molecule has 0 aliphatic carbocycles. The Morgan fingerprint density at radius 2 is 1.96 bits per heavy atom. The first-order valence-electron chi connectivity index (χ1n) is 8.28. The molecule has 0 saturated heterocycles. The maximum atomic E-state index is 12.4. The zero-order chi connectivity index (χ0) is 18.1. The van der Waals surface area contributed by atoms with E-state index in [4.69, 9.17) is 4.74 Å². The number of rotatable bonds is 9. The van der Waals surface area contributed by atoms with Crippen molar-refractivity contribution >= 4 is 11.8 Å². The molecule has 2 aromatic rings. The summed E-state index contributed by atoms with van der Waals surface area (Å²) in [6.07, 6.45) is 2.23. The van der Waals surface area contributed by atoms with Crippen LogP contribution in [0, 0.1) is 0 Å². The predicted octanol–water partition coefficient (Wildman–Crippen LogP) is 0.986. The molecule has 1 heterocycles. The van der Waals surface area contributed by atoms with Crippen LogP contribution in [0.3, 0.4) is 0 Å². The summed E-state index contributed by atoms with van der Waals surface area (Å²) in [7, 11) is 1.56. The average molecular weight is 344 g/mol. The summed E-state index contributed by atoms with van der Waals surface area (Å²) in [6.45, 7) is 3.36. The Bertz CT molecular complexity index is 698. The number of benzene rings is 1. The number of amides is 2. The van der Waals surface area contributed by atoms with E-state index in [0.717, 1.165) is 11.3 Å². The van der Waals surface area contributed by atoms with Gasteiger partial charge in [0.1, 0.15) is 0 Å². The topological polar surface area (TPSA) is 85.2 Å². The summed E-state index contributed by atoms with van der Waals surface area (Å²) in [5, 5.41) is 9.62. The molecule has 0 aliphatic rings. The van der Waals surface area contributed by atoms with Crippen molar-refractivity contribution in [2.24, 2.45) is 0 Å². The first-order valence-corrected chi connectivity index (χ1v) is 8.28. The second-order valence-electron chi connectivity index (χ2n) is 5.53. The molecule has 1 aromatic heterocycles.